The minimum absolute atomic E-state index is 0.154. The zero-order chi connectivity index (χ0) is 21.6. The zero-order valence-corrected chi connectivity index (χ0v) is 18.1. The average molecular weight is 434 g/mol. The monoisotopic (exact) mass is 433 g/mol. The van der Waals surface area contributed by atoms with Crippen molar-refractivity contribution in [3.05, 3.63) is 58.5 Å². The summed E-state index contributed by atoms with van der Waals surface area (Å²) in [6.45, 7) is 7.48. The van der Waals surface area contributed by atoms with Crippen LogP contribution in [0.25, 0.3) is 0 Å². The van der Waals surface area contributed by atoms with Gasteiger partial charge in [0.15, 0.2) is 5.76 Å². The second-order valence-electron chi connectivity index (χ2n) is 7.34. The van der Waals surface area contributed by atoms with Gasteiger partial charge in [-0.2, -0.15) is 0 Å². The molecule has 30 heavy (non-hydrogen) atoms. The van der Waals surface area contributed by atoms with Crippen molar-refractivity contribution < 1.29 is 18.7 Å². The summed E-state index contributed by atoms with van der Waals surface area (Å²) in [6, 6.07) is 10.7. The number of rotatable bonds is 7. The Balaban J connectivity index is 1.67. The minimum atomic E-state index is -0.812. The molecule has 0 bridgehead atoms. The van der Waals surface area contributed by atoms with E-state index in [1.165, 1.54) is 0 Å². The fraction of sp³-hybridized carbons (Fsp3) is 0.455. The van der Waals surface area contributed by atoms with Crippen LogP contribution >= 0.6 is 11.6 Å². The van der Waals surface area contributed by atoms with Gasteiger partial charge in [0.25, 0.3) is 0 Å². The van der Waals surface area contributed by atoms with Gasteiger partial charge in [-0.1, -0.05) is 37.6 Å². The first-order valence-electron chi connectivity index (χ1n) is 10.2. The molecule has 7 nitrogen and oxygen atoms in total. The molecule has 2 aromatic rings. The van der Waals surface area contributed by atoms with Gasteiger partial charge in [-0.05, 0) is 55.8 Å². The van der Waals surface area contributed by atoms with E-state index in [0.29, 0.717) is 43.4 Å². The predicted octanol–water partition coefficient (Wildman–Crippen LogP) is 3.28. The van der Waals surface area contributed by atoms with Crippen molar-refractivity contribution >= 4 is 23.4 Å². The third-order valence-electron chi connectivity index (χ3n) is 5.61. The van der Waals surface area contributed by atoms with Gasteiger partial charge in [0.2, 0.25) is 5.91 Å². The molecule has 1 aliphatic heterocycles. The molecule has 0 atom stereocenters. The number of hydrogen-bond donors (Lipinski definition) is 2. The second kappa shape index (κ2) is 10.1. The highest BCUT2D eigenvalue weighted by Crippen LogP contribution is 2.36. The molecule has 8 heteroatoms. The maximum absolute atomic E-state index is 13.1. The Hall–Kier alpha value is -2.35. The number of benzene rings is 1. The number of carbonyl (C=O) groups excluding carboxylic acids is 2. The molecular weight excluding hydrogens is 406 g/mol. The lowest BCUT2D eigenvalue weighted by Gasteiger charge is -2.36. The molecule has 3 rings (SSSR count). The van der Waals surface area contributed by atoms with E-state index in [0.717, 1.165) is 18.7 Å². The summed E-state index contributed by atoms with van der Waals surface area (Å²) in [4.78, 5) is 27.8. The number of carbonyl (C=O) groups is 2. The summed E-state index contributed by atoms with van der Waals surface area (Å²) in [5.74, 6) is 0.0648. The number of halogens is 1. The molecule has 2 heterocycles. The van der Waals surface area contributed by atoms with Crippen LogP contribution in [0.15, 0.2) is 40.8 Å². The SMILES string of the molecule is CCN(CC)Cc1ccc(C(=O)NNC(=O)C2(c3cccc(Cl)c3)CCOCC2)o1. The highest BCUT2D eigenvalue weighted by molar-refractivity contribution is 6.30. The van der Waals surface area contributed by atoms with Crippen molar-refractivity contribution in [1.29, 1.82) is 0 Å². The predicted molar refractivity (Wildman–Crippen MR) is 114 cm³/mol. The molecule has 0 radical (unpaired) electrons. The van der Waals surface area contributed by atoms with E-state index in [4.69, 9.17) is 20.8 Å². The molecule has 0 spiro atoms. The molecular formula is C22H28ClN3O4. The fourth-order valence-electron chi connectivity index (χ4n) is 3.70. The number of nitrogens with zero attached hydrogens (tertiary/aromatic N) is 1. The van der Waals surface area contributed by atoms with Crippen molar-refractivity contribution in [2.75, 3.05) is 26.3 Å². The van der Waals surface area contributed by atoms with Crippen LogP contribution in [0.1, 0.15) is 48.6 Å². The van der Waals surface area contributed by atoms with Crippen molar-refractivity contribution in [3.8, 4) is 0 Å². The summed E-state index contributed by atoms with van der Waals surface area (Å²) in [7, 11) is 0. The lowest BCUT2D eigenvalue weighted by atomic mass is 9.73. The third kappa shape index (κ3) is 5.03. The molecule has 162 valence electrons. The summed E-state index contributed by atoms with van der Waals surface area (Å²) in [5, 5.41) is 0.562. The average Bonchev–Trinajstić information content (AvgIpc) is 3.24. The lowest BCUT2D eigenvalue weighted by molar-refractivity contribution is -0.131. The van der Waals surface area contributed by atoms with Crippen molar-refractivity contribution in [1.82, 2.24) is 15.8 Å². The molecule has 2 amide bonds. The topological polar surface area (TPSA) is 83.8 Å². The molecule has 1 aromatic carbocycles. The van der Waals surface area contributed by atoms with Crippen LogP contribution < -0.4 is 10.9 Å². The van der Waals surface area contributed by atoms with Gasteiger partial charge >= 0.3 is 5.91 Å². The van der Waals surface area contributed by atoms with E-state index in [9.17, 15) is 9.59 Å². The van der Waals surface area contributed by atoms with Gasteiger partial charge in [-0.3, -0.25) is 25.3 Å². The first-order chi connectivity index (χ1) is 14.5. The van der Waals surface area contributed by atoms with Gasteiger partial charge in [0.1, 0.15) is 5.76 Å². The summed E-state index contributed by atoms with van der Waals surface area (Å²) in [6.07, 6.45) is 1.01. The Morgan fingerprint density at radius 1 is 1.10 bits per heavy atom. The van der Waals surface area contributed by atoms with E-state index >= 15 is 0 Å². The lowest BCUT2D eigenvalue weighted by Crippen LogP contribution is -2.53. The summed E-state index contributed by atoms with van der Waals surface area (Å²) >= 11 is 6.15. The van der Waals surface area contributed by atoms with Gasteiger partial charge < -0.3 is 9.15 Å². The number of nitrogens with one attached hydrogen (secondary N) is 2. The molecule has 2 N–H and O–H groups in total. The maximum Gasteiger partial charge on any atom is 0.305 e. The fourth-order valence-corrected chi connectivity index (χ4v) is 3.89. The molecule has 1 fully saturated rings. The Morgan fingerprint density at radius 2 is 1.83 bits per heavy atom. The molecule has 1 aromatic heterocycles. The van der Waals surface area contributed by atoms with Crippen molar-refractivity contribution in [2.24, 2.45) is 0 Å². The third-order valence-corrected chi connectivity index (χ3v) is 5.84. The van der Waals surface area contributed by atoms with Gasteiger partial charge in [0, 0.05) is 18.2 Å². The number of furan rings is 1. The van der Waals surface area contributed by atoms with E-state index in [1.807, 2.05) is 12.1 Å². The molecule has 0 aliphatic carbocycles. The van der Waals surface area contributed by atoms with Crippen LogP contribution in [0, 0.1) is 0 Å². The number of hydrazine groups is 1. The van der Waals surface area contributed by atoms with Gasteiger partial charge in [-0.25, -0.2) is 0 Å². The van der Waals surface area contributed by atoms with E-state index < -0.39 is 11.3 Å². The highest BCUT2D eigenvalue weighted by atomic mass is 35.5. The molecule has 0 unspecified atom stereocenters. The van der Waals surface area contributed by atoms with Crippen LogP contribution in [0.4, 0.5) is 0 Å². The zero-order valence-electron chi connectivity index (χ0n) is 17.4. The first kappa shape index (κ1) is 22.3. The van der Waals surface area contributed by atoms with Crippen molar-refractivity contribution in [2.45, 2.75) is 38.6 Å². The largest absolute Gasteiger partial charge is 0.454 e. The Morgan fingerprint density at radius 3 is 2.50 bits per heavy atom. The summed E-state index contributed by atoms with van der Waals surface area (Å²) < 4.78 is 11.1. The second-order valence-corrected chi connectivity index (χ2v) is 7.78. The maximum atomic E-state index is 13.1. The minimum Gasteiger partial charge on any atom is -0.454 e. The Bertz CT molecular complexity index is 873. The van der Waals surface area contributed by atoms with E-state index in [2.05, 4.69) is 29.6 Å². The van der Waals surface area contributed by atoms with Gasteiger partial charge in [0.05, 0.1) is 12.0 Å². The van der Waals surface area contributed by atoms with Crippen molar-refractivity contribution in [3.63, 3.8) is 0 Å². The molecule has 1 saturated heterocycles. The standard InChI is InChI=1S/C22H28ClN3O4/c1-3-26(4-2)15-18-8-9-19(30-18)20(27)24-25-21(28)22(10-12-29-13-11-22)16-6-5-7-17(23)14-16/h5-9,14H,3-4,10-13,15H2,1-2H3,(H,24,27)(H,25,28). The Labute approximate surface area is 181 Å². The number of amides is 2. The smallest absolute Gasteiger partial charge is 0.305 e. The highest BCUT2D eigenvalue weighted by Gasteiger charge is 2.42. The van der Waals surface area contributed by atoms with Crippen LogP contribution in [-0.4, -0.2) is 43.0 Å². The Kier molecular flexibility index (Phi) is 7.53. The van der Waals surface area contributed by atoms with Crippen LogP contribution in [0.3, 0.4) is 0 Å². The number of hydrogen-bond acceptors (Lipinski definition) is 5. The molecule has 1 aliphatic rings. The molecule has 0 saturated carbocycles. The first-order valence-corrected chi connectivity index (χ1v) is 10.6. The summed E-state index contributed by atoms with van der Waals surface area (Å²) in [5.41, 5.74) is 5.05. The van der Waals surface area contributed by atoms with Crippen LogP contribution in [-0.2, 0) is 21.5 Å². The van der Waals surface area contributed by atoms with Crippen LogP contribution in [0.5, 0.6) is 0 Å². The normalized spacial score (nSPS) is 15.7. The van der Waals surface area contributed by atoms with Crippen LogP contribution in [0.2, 0.25) is 5.02 Å². The quantitative estimate of drug-likeness (QED) is 0.654. The van der Waals surface area contributed by atoms with E-state index in [-0.39, 0.29) is 11.7 Å². The van der Waals surface area contributed by atoms with E-state index in [1.54, 1.807) is 24.3 Å². The van der Waals surface area contributed by atoms with Gasteiger partial charge in [-0.15, -0.1) is 0 Å². The number of ether oxygens (including phenoxy) is 1.